The largest absolute Gasteiger partial charge is 0.466 e. The fourth-order valence-corrected chi connectivity index (χ4v) is 4.31. The number of rotatable bonds is 4. The van der Waals surface area contributed by atoms with E-state index >= 15 is 0 Å². The molecule has 0 radical (unpaired) electrons. The van der Waals surface area contributed by atoms with Gasteiger partial charge in [-0.05, 0) is 48.5 Å². The second kappa shape index (κ2) is 6.87. The normalized spacial score (nSPS) is 27.4. The fraction of sp³-hybridized carbons (Fsp3) is 0.429. The van der Waals surface area contributed by atoms with Crippen molar-refractivity contribution in [3.05, 3.63) is 59.7 Å². The van der Waals surface area contributed by atoms with Gasteiger partial charge in [0.1, 0.15) is 0 Å². The number of esters is 2. The third kappa shape index (κ3) is 2.80. The van der Waals surface area contributed by atoms with E-state index in [2.05, 4.69) is 19.2 Å². The van der Waals surface area contributed by atoms with Crippen LogP contribution in [0.4, 0.5) is 0 Å². The van der Waals surface area contributed by atoms with Gasteiger partial charge in [0.05, 0.1) is 25.0 Å². The maximum atomic E-state index is 12.8. The van der Waals surface area contributed by atoms with E-state index < -0.39 is 17.8 Å². The standard InChI is InChI=1S/C21H24O4/c1-5-24-20(22)17-13(4)12(3)16-11-14-9-7-8-10-15(14)18(16)19(17)21(23)25-6-2/h7-10,16-19H,3-6,11H2,1-2H3/t16-,17+,18+,19+/m0/s1. The first kappa shape index (κ1) is 17.5. The SMILES string of the molecule is C=C1C(=C)[C@@H]2Cc3ccccc3[C@H]2[C@H](C(=O)OCC)[C@@H]1C(=O)OCC. The molecule has 2 aliphatic carbocycles. The summed E-state index contributed by atoms with van der Waals surface area (Å²) in [4.78, 5) is 25.5. The number of allylic oxidation sites excluding steroid dienone is 1. The molecule has 4 atom stereocenters. The zero-order chi connectivity index (χ0) is 18.1. The zero-order valence-electron chi connectivity index (χ0n) is 14.8. The summed E-state index contributed by atoms with van der Waals surface area (Å²) in [6.45, 7) is 12.3. The molecule has 0 aliphatic heterocycles. The number of benzene rings is 1. The van der Waals surface area contributed by atoms with Crippen LogP contribution in [0.2, 0.25) is 0 Å². The Kier molecular flexibility index (Phi) is 4.80. The first-order valence-corrected chi connectivity index (χ1v) is 8.80. The van der Waals surface area contributed by atoms with Crippen LogP contribution in [-0.4, -0.2) is 25.2 Å². The maximum absolute atomic E-state index is 12.8. The lowest BCUT2D eigenvalue weighted by Crippen LogP contribution is -2.43. The average molecular weight is 340 g/mol. The predicted octanol–water partition coefficient (Wildman–Crippen LogP) is 3.43. The van der Waals surface area contributed by atoms with Gasteiger partial charge in [-0.2, -0.15) is 0 Å². The van der Waals surface area contributed by atoms with E-state index in [-0.39, 0.29) is 31.0 Å². The minimum Gasteiger partial charge on any atom is -0.466 e. The molecule has 25 heavy (non-hydrogen) atoms. The summed E-state index contributed by atoms with van der Waals surface area (Å²) >= 11 is 0. The van der Waals surface area contributed by atoms with Crippen LogP contribution in [0.25, 0.3) is 0 Å². The van der Waals surface area contributed by atoms with E-state index in [1.54, 1.807) is 13.8 Å². The lowest BCUT2D eigenvalue weighted by atomic mass is 9.62. The summed E-state index contributed by atoms with van der Waals surface area (Å²) < 4.78 is 10.6. The molecule has 1 fully saturated rings. The predicted molar refractivity (Wildman–Crippen MR) is 94.9 cm³/mol. The van der Waals surface area contributed by atoms with E-state index in [0.717, 1.165) is 17.6 Å². The van der Waals surface area contributed by atoms with Gasteiger partial charge in [0.15, 0.2) is 0 Å². The second-order valence-corrected chi connectivity index (χ2v) is 6.59. The smallest absolute Gasteiger partial charge is 0.314 e. The number of carbonyl (C=O) groups excluding carboxylic acids is 2. The van der Waals surface area contributed by atoms with Gasteiger partial charge >= 0.3 is 11.9 Å². The lowest BCUT2D eigenvalue weighted by Gasteiger charge is -2.40. The van der Waals surface area contributed by atoms with Gasteiger partial charge in [0, 0.05) is 5.92 Å². The molecule has 0 bridgehead atoms. The molecule has 0 unspecified atom stereocenters. The third-order valence-electron chi connectivity index (χ3n) is 5.37. The Morgan fingerprint density at radius 2 is 1.68 bits per heavy atom. The highest BCUT2D eigenvalue weighted by Crippen LogP contribution is 2.55. The molecule has 0 N–H and O–H groups in total. The number of hydrogen-bond acceptors (Lipinski definition) is 4. The highest BCUT2D eigenvalue weighted by molar-refractivity contribution is 5.87. The quantitative estimate of drug-likeness (QED) is 0.788. The van der Waals surface area contributed by atoms with Gasteiger partial charge in [-0.3, -0.25) is 9.59 Å². The maximum Gasteiger partial charge on any atom is 0.314 e. The number of hydrogen-bond donors (Lipinski definition) is 0. The van der Waals surface area contributed by atoms with Crippen molar-refractivity contribution in [1.82, 2.24) is 0 Å². The molecule has 4 nitrogen and oxygen atoms in total. The minimum absolute atomic E-state index is 0.0741. The molecular formula is C21H24O4. The van der Waals surface area contributed by atoms with Crippen LogP contribution in [0, 0.1) is 17.8 Å². The van der Waals surface area contributed by atoms with Gasteiger partial charge < -0.3 is 9.47 Å². The molecule has 0 spiro atoms. The first-order valence-electron chi connectivity index (χ1n) is 8.80. The van der Waals surface area contributed by atoms with Gasteiger partial charge in [-0.1, -0.05) is 37.4 Å². The van der Waals surface area contributed by atoms with Crippen LogP contribution in [0.15, 0.2) is 48.6 Å². The summed E-state index contributed by atoms with van der Waals surface area (Å²) in [6.07, 6.45) is 0.810. The molecule has 1 aromatic carbocycles. The molecule has 0 aromatic heterocycles. The van der Waals surface area contributed by atoms with E-state index in [9.17, 15) is 9.59 Å². The molecule has 132 valence electrons. The molecule has 0 saturated heterocycles. The van der Waals surface area contributed by atoms with E-state index in [4.69, 9.17) is 9.47 Å². The van der Waals surface area contributed by atoms with Crippen LogP contribution in [-0.2, 0) is 25.5 Å². The lowest BCUT2D eigenvalue weighted by molar-refractivity contribution is -0.160. The Bertz CT molecular complexity index is 733. The van der Waals surface area contributed by atoms with E-state index in [1.807, 2.05) is 18.2 Å². The monoisotopic (exact) mass is 340 g/mol. The Morgan fingerprint density at radius 1 is 1.04 bits per heavy atom. The van der Waals surface area contributed by atoms with Gasteiger partial charge in [0.2, 0.25) is 0 Å². The molecule has 4 heteroatoms. The van der Waals surface area contributed by atoms with Crippen LogP contribution in [0.1, 0.15) is 30.9 Å². The molecular weight excluding hydrogens is 316 g/mol. The van der Waals surface area contributed by atoms with Crippen LogP contribution in [0.3, 0.4) is 0 Å². The summed E-state index contributed by atoms with van der Waals surface area (Å²) in [6, 6.07) is 8.08. The first-order chi connectivity index (χ1) is 12.0. The zero-order valence-corrected chi connectivity index (χ0v) is 14.8. The summed E-state index contributed by atoms with van der Waals surface area (Å²) in [7, 11) is 0. The Labute approximate surface area is 148 Å². The van der Waals surface area contributed by atoms with Gasteiger partial charge in [-0.25, -0.2) is 0 Å². The van der Waals surface area contributed by atoms with Crippen molar-refractivity contribution < 1.29 is 19.1 Å². The Hall–Kier alpha value is -2.36. The average Bonchev–Trinajstić information content (AvgIpc) is 2.97. The summed E-state index contributed by atoms with van der Waals surface area (Å²) in [5.41, 5.74) is 3.75. The molecule has 3 rings (SSSR count). The Balaban J connectivity index is 2.10. The highest BCUT2D eigenvalue weighted by Gasteiger charge is 2.54. The van der Waals surface area contributed by atoms with Crippen LogP contribution >= 0.6 is 0 Å². The van der Waals surface area contributed by atoms with E-state index in [0.29, 0.717) is 5.57 Å². The van der Waals surface area contributed by atoms with Crippen molar-refractivity contribution in [3.63, 3.8) is 0 Å². The molecule has 1 aromatic rings. The van der Waals surface area contributed by atoms with Crippen molar-refractivity contribution in [3.8, 4) is 0 Å². The van der Waals surface area contributed by atoms with Crippen molar-refractivity contribution in [2.75, 3.05) is 13.2 Å². The van der Waals surface area contributed by atoms with Crippen LogP contribution < -0.4 is 0 Å². The summed E-state index contributed by atoms with van der Waals surface area (Å²) in [5.74, 6) is -2.19. The van der Waals surface area contributed by atoms with Gasteiger partial charge in [0.25, 0.3) is 0 Å². The van der Waals surface area contributed by atoms with Crippen molar-refractivity contribution >= 4 is 11.9 Å². The molecule has 1 saturated carbocycles. The Morgan fingerprint density at radius 3 is 2.36 bits per heavy atom. The van der Waals surface area contributed by atoms with E-state index in [1.165, 1.54) is 5.56 Å². The number of fused-ring (bicyclic) bond motifs is 3. The van der Waals surface area contributed by atoms with Crippen LogP contribution in [0.5, 0.6) is 0 Å². The molecule has 0 amide bonds. The van der Waals surface area contributed by atoms with Crippen molar-refractivity contribution in [2.45, 2.75) is 26.2 Å². The number of carbonyl (C=O) groups is 2. The summed E-state index contributed by atoms with van der Waals surface area (Å²) in [5, 5.41) is 0. The fourth-order valence-electron chi connectivity index (χ4n) is 4.31. The molecule has 0 heterocycles. The topological polar surface area (TPSA) is 52.6 Å². The highest BCUT2D eigenvalue weighted by atomic mass is 16.5. The molecule has 2 aliphatic rings. The third-order valence-corrected chi connectivity index (χ3v) is 5.37. The second-order valence-electron chi connectivity index (χ2n) is 6.59. The minimum atomic E-state index is -0.737. The van der Waals surface area contributed by atoms with Crippen molar-refractivity contribution in [1.29, 1.82) is 0 Å². The van der Waals surface area contributed by atoms with Crippen molar-refractivity contribution in [2.24, 2.45) is 17.8 Å². The number of ether oxygens (including phenoxy) is 2. The van der Waals surface area contributed by atoms with Gasteiger partial charge in [-0.15, -0.1) is 0 Å².